The van der Waals surface area contributed by atoms with Crippen LogP contribution in [0, 0.1) is 12.8 Å². The largest absolute Gasteiger partial charge is 0.383 e. The van der Waals surface area contributed by atoms with Crippen molar-refractivity contribution in [2.75, 3.05) is 26.8 Å². The van der Waals surface area contributed by atoms with Crippen LogP contribution in [0.2, 0.25) is 0 Å². The molecule has 0 aliphatic heterocycles. The van der Waals surface area contributed by atoms with E-state index in [1.54, 1.807) is 7.11 Å². The molecule has 0 bridgehead atoms. The average molecular weight is 263 g/mol. The quantitative estimate of drug-likeness (QED) is 0.685. The lowest BCUT2D eigenvalue weighted by atomic mass is 9.82. The normalized spacial score (nSPS) is 12.9. The maximum atomic E-state index is 5.10. The van der Waals surface area contributed by atoms with Crippen molar-refractivity contribution >= 4 is 0 Å². The van der Waals surface area contributed by atoms with Gasteiger partial charge in [0.25, 0.3) is 0 Å². The summed E-state index contributed by atoms with van der Waals surface area (Å²) in [6.45, 7) is 9.52. The summed E-state index contributed by atoms with van der Waals surface area (Å²) in [5.74, 6) is 1.35. The molecule has 1 atom stereocenters. The summed E-state index contributed by atoms with van der Waals surface area (Å²) in [6.07, 6.45) is 2.47. The van der Waals surface area contributed by atoms with Gasteiger partial charge in [-0.15, -0.1) is 0 Å². The van der Waals surface area contributed by atoms with Crippen LogP contribution in [0.15, 0.2) is 24.3 Å². The van der Waals surface area contributed by atoms with E-state index in [2.05, 4.69) is 50.4 Å². The van der Waals surface area contributed by atoms with Crippen LogP contribution in [0.25, 0.3) is 0 Å². The topological polar surface area (TPSA) is 21.3 Å². The molecule has 1 unspecified atom stereocenters. The summed E-state index contributed by atoms with van der Waals surface area (Å²) in [5, 5.41) is 3.53. The first kappa shape index (κ1) is 16.2. The molecule has 1 N–H and O–H groups in total. The van der Waals surface area contributed by atoms with Crippen molar-refractivity contribution in [3.05, 3.63) is 35.4 Å². The Hall–Kier alpha value is -0.860. The zero-order valence-electron chi connectivity index (χ0n) is 12.9. The van der Waals surface area contributed by atoms with Gasteiger partial charge in [-0.2, -0.15) is 0 Å². The number of benzene rings is 1. The molecule has 0 spiro atoms. The summed E-state index contributed by atoms with van der Waals surface area (Å²) >= 11 is 0. The molecule has 0 amide bonds. The van der Waals surface area contributed by atoms with Crippen molar-refractivity contribution in [3.8, 4) is 0 Å². The molecule has 0 radical (unpaired) electrons. The zero-order chi connectivity index (χ0) is 14.1. The van der Waals surface area contributed by atoms with Crippen molar-refractivity contribution < 1.29 is 4.74 Å². The summed E-state index contributed by atoms with van der Waals surface area (Å²) in [5.41, 5.74) is 2.82. The second-order valence-corrected chi connectivity index (χ2v) is 5.29. The van der Waals surface area contributed by atoms with Gasteiger partial charge in [-0.25, -0.2) is 0 Å². The molecule has 1 rings (SSSR count). The standard InChI is InChI=1S/C17H29NO/c1-5-15(6-2)17(13-18-10-11-19-4)16-9-7-8-14(3)12-16/h7-9,12,15,17-18H,5-6,10-11,13H2,1-4H3. The van der Waals surface area contributed by atoms with E-state index in [0.717, 1.165) is 25.6 Å². The monoisotopic (exact) mass is 263 g/mol. The molecule has 0 aliphatic carbocycles. The SMILES string of the molecule is CCC(CC)C(CNCCOC)c1cccc(C)c1. The molecule has 0 heterocycles. The highest BCUT2D eigenvalue weighted by molar-refractivity contribution is 5.26. The molecule has 2 heteroatoms. The molecular formula is C17H29NO. The van der Waals surface area contributed by atoms with Gasteiger partial charge in [0, 0.05) is 20.2 Å². The van der Waals surface area contributed by atoms with Crippen LogP contribution in [-0.4, -0.2) is 26.8 Å². The Kier molecular flexibility index (Phi) is 7.76. The Labute approximate surface area is 118 Å². The summed E-state index contributed by atoms with van der Waals surface area (Å²) in [6, 6.07) is 8.95. The average Bonchev–Trinajstić information content (AvgIpc) is 2.42. The molecule has 0 aliphatic rings. The van der Waals surface area contributed by atoms with E-state index in [4.69, 9.17) is 4.74 Å². The maximum absolute atomic E-state index is 5.10. The van der Waals surface area contributed by atoms with Crippen LogP contribution in [-0.2, 0) is 4.74 Å². The molecule has 2 nitrogen and oxygen atoms in total. The molecule has 1 aromatic rings. The minimum Gasteiger partial charge on any atom is -0.383 e. The second-order valence-electron chi connectivity index (χ2n) is 5.29. The van der Waals surface area contributed by atoms with Crippen LogP contribution < -0.4 is 5.32 Å². The lowest BCUT2D eigenvalue weighted by molar-refractivity contribution is 0.197. The number of nitrogens with one attached hydrogen (secondary N) is 1. The van der Waals surface area contributed by atoms with Crippen molar-refractivity contribution in [3.63, 3.8) is 0 Å². The van der Waals surface area contributed by atoms with Crippen molar-refractivity contribution in [2.45, 2.75) is 39.5 Å². The van der Waals surface area contributed by atoms with Gasteiger partial charge in [0.15, 0.2) is 0 Å². The maximum Gasteiger partial charge on any atom is 0.0587 e. The van der Waals surface area contributed by atoms with E-state index in [1.165, 1.54) is 24.0 Å². The predicted molar refractivity (Wildman–Crippen MR) is 82.7 cm³/mol. The number of aryl methyl sites for hydroxylation is 1. The minimum atomic E-state index is 0.603. The molecule has 108 valence electrons. The molecule has 0 aromatic heterocycles. The van der Waals surface area contributed by atoms with Gasteiger partial charge in [-0.05, 0) is 24.3 Å². The number of rotatable bonds is 9. The summed E-state index contributed by atoms with van der Waals surface area (Å²) in [7, 11) is 1.75. The fraction of sp³-hybridized carbons (Fsp3) is 0.647. The molecule has 0 saturated heterocycles. The second kappa shape index (κ2) is 9.11. The van der Waals surface area contributed by atoms with Gasteiger partial charge in [-0.3, -0.25) is 0 Å². The Balaban J connectivity index is 2.73. The fourth-order valence-electron chi connectivity index (χ4n) is 2.75. The van der Waals surface area contributed by atoms with Gasteiger partial charge < -0.3 is 10.1 Å². The molecule has 0 saturated carbocycles. The van der Waals surface area contributed by atoms with Gasteiger partial charge >= 0.3 is 0 Å². The van der Waals surface area contributed by atoms with E-state index in [0.29, 0.717) is 5.92 Å². The smallest absolute Gasteiger partial charge is 0.0587 e. The third-order valence-electron chi connectivity index (χ3n) is 3.94. The first-order valence-electron chi connectivity index (χ1n) is 7.49. The lowest BCUT2D eigenvalue weighted by Gasteiger charge is -2.26. The minimum absolute atomic E-state index is 0.603. The third-order valence-corrected chi connectivity index (χ3v) is 3.94. The fourth-order valence-corrected chi connectivity index (χ4v) is 2.75. The van der Waals surface area contributed by atoms with Crippen LogP contribution >= 0.6 is 0 Å². The summed E-state index contributed by atoms with van der Waals surface area (Å²) in [4.78, 5) is 0. The predicted octanol–water partition coefficient (Wildman–Crippen LogP) is 3.75. The first-order chi connectivity index (χ1) is 9.22. The van der Waals surface area contributed by atoms with Crippen molar-refractivity contribution in [1.82, 2.24) is 5.32 Å². The highest BCUT2D eigenvalue weighted by Gasteiger charge is 2.20. The number of hydrogen-bond acceptors (Lipinski definition) is 2. The van der Waals surface area contributed by atoms with Gasteiger partial charge in [0.05, 0.1) is 6.61 Å². The van der Waals surface area contributed by atoms with E-state index in [-0.39, 0.29) is 0 Å². The van der Waals surface area contributed by atoms with E-state index in [1.807, 2.05) is 0 Å². The number of ether oxygens (including phenoxy) is 1. The van der Waals surface area contributed by atoms with Gasteiger partial charge in [0.1, 0.15) is 0 Å². The zero-order valence-corrected chi connectivity index (χ0v) is 12.9. The number of methoxy groups -OCH3 is 1. The highest BCUT2D eigenvalue weighted by Crippen LogP contribution is 2.29. The Morgan fingerprint density at radius 2 is 1.95 bits per heavy atom. The van der Waals surface area contributed by atoms with E-state index < -0.39 is 0 Å². The van der Waals surface area contributed by atoms with Crippen LogP contribution in [0.1, 0.15) is 43.7 Å². The highest BCUT2D eigenvalue weighted by atomic mass is 16.5. The van der Waals surface area contributed by atoms with Crippen molar-refractivity contribution in [1.29, 1.82) is 0 Å². The molecular weight excluding hydrogens is 234 g/mol. The molecule has 19 heavy (non-hydrogen) atoms. The molecule has 0 fully saturated rings. The van der Waals surface area contributed by atoms with Gasteiger partial charge in [0.2, 0.25) is 0 Å². The Bertz CT molecular complexity index is 347. The third kappa shape index (κ3) is 5.33. The van der Waals surface area contributed by atoms with Crippen LogP contribution in [0.4, 0.5) is 0 Å². The van der Waals surface area contributed by atoms with Crippen molar-refractivity contribution in [2.24, 2.45) is 5.92 Å². The first-order valence-corrected chi connectivity index (χ1v) is 7.49. The summed E-state index contributed by atoms with van der Waals surface area (Å²) < 4.78 is 5.10. The lowest BCUT2D eigenvalue weighted by Crippen LogP contribution is -2.29. The Morgan fingerprint density at radius 1 is 1.21 bits per heavy atom. The van der Waals surface area contributed by atoms with Crippen LogP contribution in [0.5, 0.6) is 0 Å². The number of hydrogen-bond donors (Lipinski definition) is 1. The molecule has 1 aromatic carbocycles. The Morgan fingerprint density at radius 3 is 2.53 bits per heavy atom. The van der Waals surface area contributed by atoms with E-state index in [9.17, 15) is 0 Å². The van der Waals surface area contributed by atoms with E-state index >= 15 is 0 Å². The van der Waals surface area contributed by atoms with Crippen LogP contribution in [0.3, 0.4) is 0 Å². The van der Waals surface area contributed by atoms with Gasteiger partial charge in [-0.1, -0.05) is 56.5 Å².